The number of piperidine rings is 1. The lowest BCUT2D eigenvalue weighted by Gasteiger charge is -2.37. The van der Waals surface area contributed by atoms with E-state index in [0.29, 0.717) is 23.9 Å². The molecule has 27 heavy (non-hydrogen) atoms. The first kappa shape index (κ1) is 16.9. The Morgan fingerprint density at radius 3 is 2.63 bits per heavy atom. The van der Waals surface area contributed by atoms with E-state index in [4.69, 9.17) is 14.5 Å². The lowest BCUT2D eigenvalue weighted by atomic mass is 10.0. The fraction of sp³-hybridized carbons (Fsp3) is 0.400. The van der Waals surface area contributed by atoms with Crippen molar-refractivity contribution in [2.75, 3.05) is 31.2 Å². The zero-order valence-corrected chi connectivity index (χ0v) is 16.0. The van der Waals surface area contributed by atoms with Gasteiger partial charge in [-0.3, -0.25) is 9.78 Å². The zero-order chi connectivity index (χ0) is 18.4. The number of nitrogens with zero attached hydrogens (tertiary/aromatic N) is 2. The van der Waals surface area contributed by atoms with Crippen LogP contribution in [0.4, 0.5) is 5.95 Å². The molecule has 3 aromatic rings. The summed E-state index contributed by atoms with van der Waals surface area (Å²) in [5.74, 6) is 0.198. The SMILES string of the molecule is Cc1ccccc1-c1csc2c(=O)[nH]c(N3CCC4(CC3)OCCO4)nc12. The van der Waals surface area contributed by atoms with Crippen LogP contribution in [0.25, 0.3) is 21.3 Å². The highest BCUT2D eigenvalue weighted by molar-refractivity contribution is 7.17. The molecule has 2 fully saturated rings. The lowest BCUT2D eigenvalue weighted by molar-refractivity contribution is -0.169. The average molecular weight is 383 g/mol. The van der Waals surface area contributed by atoms with E-state index in [1.807, 2.05) is 17.5 Å². The molecule has 0 aliphatic carbocycles. The molecule has 140 valence electrons. The maximum atomic E-state index is 12.7. The van der Waals surface area contributed by atoms with E-state index >= 15 is 0 Å². The van der Waals surface area contributed by atoms with Crippen molar-refractivity contribution >= 4 is 27.5 Å². The summed E-state index contributed by atoms with van der Waals surface area (Å²) in [6.45, 7) is 4.90. The number of anilines is 1. The van der Waals surface area contributed by atoms with Gasteiger partial charge in [0.15, 0.2) is 5.79 Å². The number of rotatable bonds is 2. The molecule has 0 atom stereocenters. The summed E-state index contributed by atoms with van der Waals surface area (Å²) in [7, 11) is 0. The third-order valence-electron chi connectivity index (χ3n) is 5.49. The number of thiophene rings is 1. The van der Waals surface area contributed by atoms with E-state index in [1.165, 1.54) is 16.9 Å². The number of ether oxygens (including phenoxy) is 2. The van der Waals surface area contributed by atoms with E-state index in [1.54, 1.807) is 0 Å². The normalized spacial score (nSPS) is 19.2. The number of aromatic amines is 1. The number of fused-ring (bicyclic) bond motifs is 1. The predicted molar refractivity (Wildman–Crippen MR) is 106 cm³/mol. The van der Waals surface area contributed by atoms with Gasteiger partial charge in [-0.25, -0.2) is 4.98 Å². The van der Waals surface area contributed by atoms with Crippen LogP contribution in [0.1, 0.15) is 18.4 Å². The van der Waals surface area contributed by atoms with Crippen molar-refractivity contribution in [2.45, 2.75) is 25.6 Å². The summed E-state index contributed by atoms with van der Waals surface area (Å²) in [4.78, 5) is 22.6. The maximum Gasteiger partial charge on any atom is 0.270 e. The highest BCUT2D eigenvalue weighted by Gasteiger charge is 2.40. The number of hydrogen-bond acceptors (Lipinski definition) is 6. The van der Waals surface area contributed by atoms with Crippen molar-refractivity contribution in [1.29, 1.82) is 0 Å². The van der Waals surface area contributed by atoms with Gasteiger partial charge in [-0.2, -0.15) is 0 Å². The van der Waals surface area contributed by atoms with Crippen LogP contribution < -0.4 is 10.5 Å². The van der Waals surface area contributed by atoms with Gasteiger partial charge in [-0.1, -0.05) is 24.3 Å². The fourth-order valence-corrected chi connectivity index (χ4v) is 4.88. The smallest absolute Gasteiger partial charge is 0.270 e. The number of aryl methyl sites for hydroxylation is 1. The van der Waals surface area contributed by atoms with E-state index in [-0.39, 0.29) is 5.56 Å². The standard InChI is InChI=1S/C20H21N3O3S/c1-13-4-2-3-5-14(13)15-12-27-17-16(15)21-19(22-18(17)24)23-8-6-20(7-9-23)25-10-11-26-20/h2-5,12H,6-11H2,1H3,(H,21,22,24). The fourth-order valence-electron chi connectivity index (χ4n) is 3.98. The Bertz CT molecular complexity index is 1040. The molecular formula is C20H21N3O3S. The molecule has 2 aliphatic rings. The molecular weight excluding hydrogens is 362 g/mol. The van der Waals surface area contributed by atoms with Crippen LogP contribution in [-0.2, 0) is 9.47 Å². The summed E-state index contributed by atoms with van der Waals surface area (Å²) in [6.07, 6.45) is 1.56. The molecule has 1 spiro atoms. The molecule has 0 radical (unpaired) electrons. The minimum atomic E-state index is -0.435. The molecule has 7 heteroatoms. The van der Waals surface area contributed by atoms with Crippen molar-refractivity contribution in [3.63, 3.8) is 0 Å². The van der Waals surface area contributed by atoms with Crippen LogP contribution in [0.3, 0.4) is 0 Å². The van der Waals surface area contributed by atoms with E-state index < -0.39 is 5.79 Å². The van der Waals surface area contributed by atoms with Crippen molar-refractivity contribution in [2.24, 2.45) is 0 Å². The molecule has 5 rings (SSSR count). The van der Waals surface area contributed by atoms with Crippen molar-refractivity contribution in [1.82, 2.24) is 9.97 Å². The Morgan fingerprint density at radius 2 is 1.89 bits per heavy atom. The van der Waals surface area contributed by atoms with E-state index in [0.717, 1.165) is 42.6 Å². The Morgan fingerprint density at radius 1 is 1.15 bits per heavy atom. The first-order chi connectivity index (χ1) is 13.2. The van der Waals surface area contributed by atoms with Crippen LogP contribution in [0.2, 0.25) is 0 Å². The van der Waals surface area contributed by atoms with Gasteiger partial charge in [0, 0.05) is 36.9 Å². The average Bonchev–Trinajstić information content (AvgIpc) is 3.31. The molecule has 2 saturated heterocycles. The minimum Gasteiger partial charge on any atom is -0.347 e. The van der Waals surface area contributed by atoms with Crippen LogP contribution in [-0.4, -0.2) is 42.1 Å². The van der Waals surface area contributed by atoms with Crippen molar-refractivity contribution in [3.05, 3.63) is 45.6 Å². The Kier molecular flexibility index (Phi) is 4.03. The number of benzene rings is 1. The summed E-state index contributed by atoms with van der Waals surface area (Å²) in [5.41, 5.74) is 4.03. The third-order valence-corrected chi connectivity index (χ3v) is 6.46. The minimum absolute atomic E-state index is 0.0755. The number of nitrogens with one attached hydrogen (secondary N) is 1. The van der Waals surface area contributed by atoms with Crippen LogP contribution >= 0.6 is 11.3 Å². The number of hydrogen-bond donors (Lipinski definition) is 1. The summed E-state index contributed by atoms with van der Waals surface area (Å²) >= 11 is 1.45. The van der Waals surface area contributed by atoms with Crippen LogP contribution in [0.15, 0.2) is 34.4 Å². The summed E-state index contributed by atoms with van der Waals surface area (Å²) < 4.78 is 12.3. The van der Waals surface area contributed by atoms with Gasteiger partial charge in [-0.05, 0) is 18.1 Å². The first-order valence-corrected chi connectivity index (χ1v) is 10.1. The second-order valence-corrected chi connectivity index (χ2v) is 8.01. The Balaban J connectivity index is 1.52. The molecule has 0 amide bonds. The molecule has 0 bridgehead atoms. The van der Waals surface area contributed by atoms with Crippen LogP contribution in [0, 0.1) is 6.92 Å². The van der Waals surface area contributed by atoms with Crippen molar-refractivity contribution < 1.29 is 9.47 Å². The highest BCUT2D eigenvalue weighted by Crippen LogP contribution is 2.35. The van der Waals surface area contributed by atoms with E-state index in [9.17, 15) is 4.79 Å². The number of aromatic nitrogens is 2. The molecule has 4 heterocycles. The van der Waals surface area contributed by atoms with Crippen molar-refractivity contribution in [3.8, 4) is 11.1 Å². The van der Waals surface area contributed by atoms with Gasteiger partial charge in [0.2, 0.25) is 5.95 Å². The largest absolute Gasteiger partial charge is 0.347 e. The van der Waals surface area contributed by atoms with Crippen LogP contribution in [0.5, 0.6) is 0 Å². The first-order valence-electron chi connectivity index (χ1n) is 9.26. The molecule has 6 nitrogen and oxygen atoms in total. The Labute approximate surface area is 160 Å². The molecule has 0 unspecified atom stereocenters. The topological polar surface area (TPSA) is 67.5 Å². The molecule has 1 aromatic carbocycles. The maximum absolute atomic E-state index is 12.7. The zero-order valence-electron chi connectivity index (χ0n) is 15.2. The van der Waals surface area contributed by atoms with Gasteiger partial charge in [0.1, 0.15) is 4.70 Å². The number of H-pyrrole nitrogens is 1. The second kappa shape index (κ2) is 6.44. The highest BCUT2D eigenvalue weighted by atomic mass is 32.1. The monoisotopic (exact) mass is 383 g/mol. The quantitative estimate of drug-likeness (QED) is 0.735. The molecule has 1 N–H and O–H groups in total. The van der Waals surface area contributed by atoms with Gasteiger partial charge in [-0.15, -0.1) is 11.3 Å². The molecule has 0 saturated carbocycles. The van der Waals surface area contributed by atoms with Gasteiger partial charge >= 0.3 is 0 Å². The molecule has 2 aliphatic heterocycles. The summed E-state index contributed by atoms with van der Waals surface area (Å²) in [6, 6.07) is 8.21. The Hall–Kier alpha value is -2.22. The third kappa shape index (κ3) is 2.86. The van der Waals surface area contributed by atoms with E-state index in [2.05, 4.69) is 28.9 Å². The predicted octanol–water partition coefficient (Wildman–Crippen LogP) is 3.30. The van der Waals surface area contributed by atoms with Gasteiger partial charge < -0.3 is 14.4 Å². The lowest BCUT2D eigenvalue weighted by Crippen LogP contribution is -2.46. The summed E-state index contributed by atoms with van der Waals surface area (Å²) in [5, 5.41) is 2.03. The van der Waals surface area contributed by atoms with Gasteiger partial charge in [0.05, 0.1) is 18.7 Å². The van der Waals surface area contributed by atoms with Gasteiger partial charge in [0.25, 0.3) is 5.56 Å². The molecule has 2 aromatic heterocycles. The second-order valence-electron chi connectivity index (χ2n) is 7.13.